The molecule has 0 saturated heterocycles. The molecule has 9 heteroatoms. The Hall–Kier alpha value is -1.12. The molecular weight excluding hydrogens is 299 g/mol. The summed E-state index contributed by atoms with van der Waals surface area (Å²) >= 11 is -0.496. The van der Waals surface area contributed by atoms with Crippen molar-refractivity contribution in [2.75, 3.05) is 0 Å². The summed E-state index contributed by atoms with van der Waals surface area (Å²) in [5, 5.41) is 11.0. The highest BCUT2D eigenvalue weighted by atomic mass is 32.2. The fourth-order valence-electron chi connectivity index (χ4n) is 1.32. The van der Waals surface area contributed by atoms with Gasteiger partial charge in [-0.2, -0.15) is 13.2 Å². The smallest absolute Gasteiger partial charge is 0.442 e. The van der Waals surface area contributed by atoms with E-state index in [1.807, 2.05) is 5.32 Å². The molecule has 5 nitrogen and oxygen atoms in total. The van der Waals surface area contributed by atoms with Gasteiger partial charge in [0.05, 0.1) is 4.75 Å². The summed E-state index contributed by atoms with van der Waals surface area (Å²) < 4.78 is 40.3. The van der Waals surface area contributed by atoms with Crippen LogP contribution in [0.25, 0.3) is 0 Å². The van der Waals surface area contributed by atoms with Gasteiger partial charge in [-0.05, 0) is 46.4 Å². The molecule has 0 aliphatic rings. The molecule has 1 atom stereocenters. The Morgan fingerprint density at radius 1 is 1.15 bits per heavy atom. The van der Waals surface area contributed by atoms with Crippen molar-refractivity contribution in [3.63, 3.8) is 0 Å². The van der Waals surface area contributed by atoms with Crippen LogP contribution in [0.3, 0.4) is 0 Å². The van der Waals surface area contributed by atoms with E-state index in [1.54, 1.807) is 20.8 Å². The van der Waals surface area contributed by atoms with Gasteiger partial charge in [0.1, 0.15) is 11.6 Å². The third kappa shape index (κ3) is 7.46. The number of ether oxygens (including phenoxy) is 1. The van der Waals surface area contributed by atoms with Crippen LogP contribution in [0.2, 0.25) is 0 Å². The monoisotopic (exact) mass is 317 g/mol. The Bertz CT molecular complexity index is 377. The second-order valence-corrected chi connectivity index (χ2v) is 7.29. The molecule has 0 aromatic carbocycles. The first kappa shape index (κ1) is 18.9. The third-order valence-electron chi connectivity index (χ3n) is 1.98. The third-order valence-corrected chi connectivity index (χ3v) is 2.98. The van der Waals surface area contributed by atoms with Gasteiger partial charge in [0.25, 0.3) is 0 Å². The maximum Gasteiger partial charge on any atom is 0.442 e. The second-order valence-electron chi connectivity index (χ2n) is 5.57. The predicted octanol–water partition coefficient (Wildman–Crippen LogP) is 3.00. The first-order valence-electron chi connectivity index (χ1n) is 5.63. The summed E-state index contributed by atoms with van der Waals surface area (Å²) in [5.41, 5.74) is -5.50. The molecule has 0 aromatic rings. The lowest BCUT2D eigenvalue weighted by Crippen LogP contribution is -2.54. The SMILES string of the molecule is CC(C)(C)OC(=O)N[C@H](C(=O)O)C(C)(C)SC(F)(F)F. The summed E-state index contributed by atoms with van der Waals surface area (Å²) in [6, 6.07) is -1.75. The topological polar surface area (TPSA) is 75.6 Å². The molecule has 1 amide bonds. The lowest BCUT2D eigenvalue weighted by Gasteiger charge is -2.32. The van der Waals surface area contributed by atoms with E-state index in [9.17, 15) is 22.8 Å². The van der Waals surface area contributed by atoms with E-state index in [4.69, 9.17) is 9.84 Å². The van der Waals surface area contributed by atoms with Crippen LogP contribution >= 0.6 is 11.8 Å². The van der Waals surface area contributed by atoms with E-state index in [-0.39, 0.29) is 0 Å². The number of carbonyl (C=O) groups is 2. The summed E-state index contributed by atoms with van der Waals surface area (Å²) in [7, 11) is 0. The number of halogens is 3. The van der Waals surface area contributed by atoms with Gasteiger partial charge in [-0.15, -0.1) is 0 Å². The van der Waals surface area contributed by atoms with Crippen molar-refractivity contribution in [2.45, 2.75) is 56.5 Å². The number of amides is 1. The molecule has 0 unspecified atom stereocenters. The standard InChI is InChI=1S/C11H18F3NO4S/c1-9(2,3)19-8(18)15-6(7(16)17)10(4,5)20-11(12,13)14/h6H,1-5H3,(H,15,18)(H,16,17)/t6-/m1/s1. The van der Waals surface area contributed by atoms with Gasteiger partial charge in [-0.1, -0.05) is 0 Å². The van der Waals surface area contributed by atoms with E-state index >= 15 is 0 Å². The molecule has 0 fully saturated rings. The Kier molecular flexibility index (Phi) is 5.77. The van der Waals surface area contributed by atoms with Crippen LogP contribution < -0.4 is 5.32 Å². The number of carbonyl (C=O) groups excluding carboxylic acids is 1. The highest BCUT2D eigenvalue weighted by Crippen LogP contribution is 2.42. The molecule has 0 aliphatic carbocycles. The average molecular weight is 317 g/mol. The van der Waals surface area contributed by atoms with Gasteiger partial charge < -0.3 is 15.2 Å². The largest absolute Gasteiger partial charge is 0.480 e. The number of hydrogen-bond donors (Lipinski definition) is 2. The Morgan fingerprint density at radius 2 is 1.60 bits per heavy atom. The Morgan fingerprint density at radius 3 is 1.90 bits per heavy atom. The summed E-state index contributed by atoms with van der Waals surface area (Å²) in [5.74, 6) is -1.57. The fourth-order valence-corrected chi connectivity index (χ4v) is 2.19. The number of alkyl carbamates (subject to hydrolysis) is 1. The minimum Gasteiger partial charge on any atom is -0.480 e. The summed E-state index contributed by atoms with van der Waals surface area (Å²) in [4.78, 5) is 22.6. The van der Waals surface area contributed by atoms with Crippen molar-refractivity contribution < 1.29 is 32.6 Å². The van der Waals surface area contributed by atoms with Crippen LogP contribution in [0.15, 0.2) is 0 Å². The second kappa shape index (κ2) is 6.11. The molecule has 0 rings (SSSR count). The van der Waals surface area contributed by atoms with Crippen LogP contribution in [-0.4, -0.2) is 39.1 Å². The van der Waals surface area contributed by atoms with E-state index in [2.05, 4.69) is 0 Å². The first-order chi connectivity index (χ1) is 8.64. The van der Waals surface area contributed by atoms with Crippen LogP contribution in [0.5, 0.6) is 0 Å². The number of rotatable bonds is 4. The quantitative estimate of drug-likeness (QED) is 0.833. The molecular formula is C11H18F3NO4S. The van der Waals surface area contributed by atoms with Crippen LogP contribution in [0.4, 0.5) is 18.0 Å². The number of nitrogens with one attached hydrogen (secondary N) is 1. The van der Waals surface area contributed by atoms with E-state index in [0.717, 1.165) is 13.8 Å². The van der Waals surface area contributed by atoms with Crippen molar-refractivity contribution in [3.05, 3.63) is 0 Å². The van der Waals surface area contributed by atoms with Crippen molar-refractivity contribution in [3.8, 4) is 0 Å². The Balaban J connectivity index is 4.99. The number of carboxylic acids is 1. The lowest BCUT2D eigenvalue weighted by atomic mass is 10.0. The highest BCUT2D eigenvalue weighted by molar-refractivity contribution is 8.01. The highest BCUT2D eigenvalue weighted by Gasteiger charge is 2.46. The average Bonchev–Trinajstić information content (AvgIpc) is 2.05. The predicted molar refractivity (Wildman–Crippen MR) is 68.5 cm³/mol. The minimum absolute atomic E-state index is 0.496. The lowest BCUT2D eigenvalue weighted by molar-refractivity contribution is -0.140. The fraction of sp³-hybridized carbons (Fsp3) is 0.818. The van der Waals surface area contributed by atoms with Gasteiger partial charge >= 0.3 is 17.6 Å². The molecule has 2 N–H and O–H groups in total. The van der Waals surface area contributed by atoms with Gasteiger partial charge in [0.2, 0.25) is 0 Å². The normalized spacial score (nSPS) is 14.6. The van der Waals surface area contributed by atoms with Crippen molar-refractivity contribution in [2.24, 2.45) is 0 Å². The molecule has 0 saturated carbocycles. The number of hydrogen-bond acceptors (Lipinski definition) is 4. The molecule has 0 bridgehead atoms. The number of carboxylic acid groups (broad SMARTS) is 1. The van der Waals surface area contributed by atoms with Crippen molar-refractivity contribution in [1.82, 2.24) is 5.32 Å². The van der Waals surface area contributed by atoms with E-state index < -0.39 is 45.7 Å². The molecule has 0 spiro atoms. The molecule has 118 valence electrons. The van der Waals surface area contributed by atoms with Crippen LogP contribution in [-0.2, 0) is 9.53 Å². The maximum atomic E-state index is 12.4. The van der Waals surface area contributed by atoms with Crippen molar-refractivity contribution >= 4 is 23.8 Å². The van der Waals surface area contributed by atoms with E-state index in [1.165, 1.54) is 0 Å². The van der Waals surface area contributed by atoms with Crippen molar-refractivity contribution in [1.29, 1.82) is 0 Å². The molecule has 0 heterocycles. The summed E-state index contributed by atoms with van der Waals surface area (Å²) in [6.45, 7) is 6.83. The molecule has 0 radical (unpaired) electrons. The minimum atomic E-state index is -4.62. The molecule has 20 heavy (non-hydrogen) atoms. The van der Waals surface area contributed by atoms with Gasteiger partial charge in [-0.25, -0.2) is 9.59 Å². The Labute approximate surface area is 119 Å². The molecule has 0 aliphatic heterocycles. The number of thioether (sulfide) groups is 1. The maximum absolute atomic E-state index is 12.4. The summed E-state index contributed by atoms with van der Waals surface area (Å²) in [6.07, 6.45) is -1.08. The zero-order valence-corrected chi connectivity index (χ0v) is 12.6. The van der Waals surface area contributed by atoms with Gasteiger partial charge in [0, 0.05) is 0 Å². The first-order valence-corrected chi connectivity index (χ1v) is 6.45. The zero-order chi connectivity index (χ0) is 16.4. The number of aliphatic carboxylic acids is 1. The van der Waals surface area contributed by atoms with Crippen LogP contribution in [0, 0.1) is 0 Å². The van der Waals surface area contributed by atoms with E-state index in [0.29, 0.717) is 0 Å². The van der Waals surface area contributed by atoms with Crippen LogP contribution in [0.1, 0.15) is 34.6 Å². The van der Waals surface area contributed by atoms with Gasteiger partial charge in [0.15, 0.2) is 0 Å². The number of alkyl halides is 3. The molecule has 0 aromatic heterocycles. The zero-order valence-electron chi connectivity index (χ0n) is 11.8. The van der Waals surface area contributed by atoms with Gasteiger partial charge in [-0.3, -0.25) is 0 Å².